The molecule has 2 heterocycles. The molecule has 6 nitrogen and oxygen atoms in total. The van der Waals surface area contributed by atoms with Gasteiger partial charge in [0, 0.05) is 10.6 Å². The predicted molar refractivity (Wildman–Crippen MR) is 101 cm³/mol. The fraction of sp³-hybridized carbons (Fsp3) is 0.300. The standard InChI is InChI=1S/C20H16ClF4N3O3/c1-12-8-29-19(31-12,9-28-11-26-10-27-28)15-4-3-14(7-16(15)20(23,24)25)30-18-5-2-13(21)6-17(18)22/h2-7,10-12H,8-9H2,1H3. The summed E-state index contributed by atoms with van der Waals surface area (Å²) >= 11 is 5.70. The van der Waals surface area contributed by atoms with Gasteiger partial charge in [-0.25, -0.2) is 14.1 Å². The Labute approximate surface area is 179 Å². The maximum absolute atomic E-state index is 14.0. The van der Waals surface area contributed by atoms with E-state index in [4.69, 9.17) is 25.8 Å². The summed E-state index contributed by atoms with van der Waals surface area (Å²) in [6, 6.07) is 6.87. The number of benzene rings is 2. The third-order valence-electron chi connectivity index (χ3n) is 4.61. The molecule has 0 spiro atoms. The van der Waals surface area contributed by atoms with E-state index in [1.807, 2.05) is 0 Å². The van der Waals surface area contributed by atoms with E-state index >= 15 is 0 Å². The van der Waals surface area contributed by atoms with Gasteiger partial charge in [-0.05, 0) is 43.3 Å². The molecule has 4 rings (SSSR count). The summed E-state index contributed by atoms with van der Waals surface area (Å²) in [7, 11) is 0. The number of ether oxygens (including phenoxy) is 3. The summed E-state index contributed by atoms with van der Waals surface area (Å²) in [5, 5.41) is 4.08. The Morgan fingerprint density at radius 1 is 1.26 bits per heavy atom. The van der Waals surface area contributed by atoms with Crippen molar-refractivity contribution < 1.29 is 31.8 Å². The van der Waals surface area contributed by atoms with Crippen molar-refractivity contribution in [2.75, 3.05) is 6.61 Å². The number of rotatable bonds is 5. The molecule has 11 heteroatoms. The zero-order valence-electron chi connectivity index (χ0n) is 16.1. The second kappa shape index (κ2) is 8.10. The maximum atomic E-state index is 14.0. The molecule has 2 aromatic carbocycles. The molecule has 0 aliphatic carbocycles. The normalized spacial score (nSPS) is 21.4. The number of nitrogens with zero attached hydrogens (tertiary/aromatic N) is 3. The van der Waals surface area contributed by atoms with Gasteiger partial charge in [-0.3, -0.25) is 0 Å². The van der Waals surface area contributed by atoms with Gasteiger partial charge >= 0.3 is 6.18 Å². The van der Waals surface area contributed by atoms with Gasteiger partial charge in [-0.2, -0.15) is 18.3 Å². The van der Waals surface area contributed by atoms with Crippen LogP contribution in [0.25, 0.3) is 0 Å². The highest BCUT2D eigenvalue weighted by atomic mass is 35.5. The highest BCUT2D eigenvalue weighted by Gasteiger charge is 2.48. The van der Waals surface area contributed by atoms with Gasteiger partial charge in [0.2, 0.25) is 5.79 Å². The Bertz CT molecular complexity index is 1080. The van der Waals surface area contributed by atoms with E-state index in [2.05, 4.69) is 10.1 Å². The van der Waals surface area contributed by atoms with E-state index in [0.717, 1.165) is 12.1 Å². The van der Waals surface area contributed by atoms with E-state index in [-0.39, 0.29) is 35.2 Å². The molecule has 1 aliphatic rings. The van der Waals surface area contributed by atoms with Crippen LogP contribution in [-0.4, -0.2) is 27.5 Å². The SMILES string of the molecule is CC1COC(Cn2cncn2)(c2ccc(Oc3ccc(Cl)cc3F)cc2C(F)(F)F)O1. The predicted octanol–water partition coefficient (Wildman–Crippen LogP) is 5.17. The Balaban J connectivity index is 1.76. The molecule has 0 saturated carbocycles. The van der Waals surface area contributed by atoms with Gasteiger partial charge in [0.25, 0.3) is 0 Å². The van der Waals surface area contributed by atoms with Crippen molar-refractivity contribution in [3.63, 3.8) is 0 Å². The third-order valence-corrected chi connectivity index (χ3v) is 4.84. The van der Waals surface area contributed by atoms with Crippen LogP contribution in [0.5, 0.6) is 11.5 Å². The first-order valence-corrected chi connectivity index (χ1v) is 9.53. The fourth-order valence-electron chi connectivity index (χ4n) is 3.32. The minimum Gasteiger partial charge on any atom is -0.454 e. The van der Waals surface area contributed by atoms with Crippen LogP contribution in [-0.2, 0) is 28.0 Å². The quantitative estimate of drug-likeness (QED) is 0.495. The van der Waals surface area contributed by atoms with Crippen LogP contribution >= 0.6 is 11.6 Å². The largest absolute Gasteiger partial charge is 0.454 e. The minimum absolute atomic E-state index is 0.0975. The molecule has 1 aromatic heterocycles. The van der Waals surface area contributed by atoms with Gasteiger partial charge in [0.1, 0.15) is 24.9 Å². The molecule has 1 saturated heterocycles. The van der Waals surface area contributed by atoms with Gasteiger partial charge in [0.05, 0.1) is 18.3 Å². The summed E-state index contributed by atoms with van der Waals surface area (Å²) in [5.74, 6) is -3.00. The summed E-state index contributed by atoms with van der Waals surface area (Å²) in [6.07, 6.45) is -2.59. The van der Waals surface area contributed by atoms with Crippen molar-refractivity contribution in [3.8, 4) is 11.5 Å². The molecular formula is C20H16ClF4N3O3. The lowest BCUT2D eigenvalue weighted by atomic mass is 9.98. The smallest absolute Gasteiger partial charge is 0.417 e. The lowest BCUT2D eigenvalue weighted by Crippen LogP contribution is -2.36. The van der Waals surface area contributed by atoms with Crippen molar-refractivity contribution in [1.82, 2.24) is 14.8 Å². The fourth-order valence-corrected chi connectivity index (χ4v) is 3.48. The van der Waals surface area contributed by atoms with Crippen LogP contribution in [0.1, 0.15) is 18.1 Å². The van der Waals surface area contributed by atoms with E-state index in [0.29, 0.717) is 0 Å². The molecule has 1 aliphatic heterocycles. The first-order chi connectivity index (χ1) is 14.7. The maximum Gasteiger partial charge on any atom is 0.417 e. The van der Waals surface area contributed by atoms with Gasteiger partial charge < -0.3 is 14.2 Å². The van der Waals surface area contributed by atoms with Crippen molar-refractivity contribution in [2.45, 2.75) is 31.5 Å². The van der Waals surface area contributed by atoms with E-state index in [1.165, 1.54) is 41.6 Å². The van der Waals surface area contributed by atoms with Gasteiger partial charge in [0.15, 0.2) is 11.6 Å². The average molecular weight is 458 g/mol. The second-order valence-corrected chi connectivity index (χ2v) is 7.40. The highest BCUT2D eigenvalue weighted by molar-refractivity contribution is 6.30. The molecular weight excluding hydrogens is 442 g/mol. The van der Waals surface area contributed by atoms with Gasteiger partial charge in [-0.15, -0.1) is 0 Å². The van der Waals surface area contributed by atoms with Crippen molar-refractivity contribution in [1.29, 1.82) is 0 Å². The number of hydrogen-bond acceptors (Lipinski definition) is 5. The Kier molecular flexibility index (Phi) is 5.63. The molecule has 0 N–H and O–H groups in total. The Morgan fingerprint density at radius 3 is 2.68 bits per heavy atom. The van der Waals surface area contributed by atoms with Crippen molar-refractivity contribution in [3.05, 3.63) is 71.0 Å². The summed E-state index contributed by atoms with van der Waals surface area (Å²) in [4.78, 5) is 3.81. The highest BCUT2D eigenvalue weighted by Crippen LogP contribution is 2.44. The molecule has 3 aromatic rings. The lowest BCUT2D eigenvalue weighted by molar-refractivity contribution is -0.195. The Morgan fingerprint density at radius 2 is 2.06 bits per heavy atom. The molecule has 0 amide bonds. The molecule has 0 bridgehead atoms. The third kappa shape index (κ3) is 4.51. The topological polar surface area (TPSA) is 58.4 Å². The van der Waals surface area contributed by atoms with Crippen LogP contribution in [0.15, 0.2) is 49.1 Å². The van der Waals surface area contributed by atoms with Crippen LogP contribution < -0.4 is 4.74 Å². The number of alkyl halides is 3. The zero-order chi connectivity index (χ0) is 22.2. The zero-order valence-corrected chi connectivity index (χ0v) is 16.8. The lowest BCUT2D eigenvalue weighted by Gasteiger charge is -2.30. The van der Waals surface area contributed by atoms with Crippen LogP contribution in [0, 0.1) is 5.82 Å². The number of halogens is 5. The van der Waals surface area contributed by atoms with E-state index in [1.54, 1.807) is 6.92 Å². The summed E-state index contributed by atoms with van der Waals surface area (Å²) < 4.78 is 74.2. The van der Waals surface area contributed by atoms with E-state index < -0.39 is 29.4 Å². The number of aromatic nitrogens is 3. The Hall–Kier alpha value is -2.69. The van der Waals surface area contributed by atoms with E-state index in [9.17, 15) is 17.6 Å². The van der Waals surface area contributed by atoms with Gasteiger partial charge in [-0.1, -0.05) is 11.6 Å². The molecule has 0 radical (unpaired) electrons. The molecule has 2 atom stereocenters. The van der Waals surface area contributed by atoms with Crippen LogP contribution in [0.2, 0.25) is 5.02 Å². The monoisotopic (exact) mass is 457 g/mol. The van der Waals surface area contributed by atoms with Crippen LogP contribution in [0.4, 0.5) is 17.6 Å². The van der Waals surface area contributed by atoms with Crippen LogP contribution in [0.3, 0.4) is 0 Å². The number of hydrogen-bond donors (Lipinski definition) is 0. The molecule has 1 fully saturated rings. The molecule has 2 unspecified atom stereocenters. The summed E-state index contributed by atoms with van der Waals surface area (Å²) in [5.41, 5.74) is -1.28. The van der Waals surface area contributed by atoms with Crippen molar-refractivity contribution >= 4 is 11.6 Å². The average Bonchev–Trinajstić information content (AvgIpc) is 3.34. The minimum atomic E-state index is -4.76. The summed E-state index contributed by atoms with van der Waals surface area (Å²) in [6.45, 7) is 1.64. The second-order valence-electron chi connectivity index (χ2n) is 6.97. The van der Waals surface area contributed by atoms with Crippen molar-refractivity contribution in [2.24, 2.45) is 0 Å². The first-order valence-electron chi connectivity index (χ1n) is 9.15. The molecule has 31 heavy (non-hydrogen) atoms. The first kappa shape index (κ1) is 21.5. The molecule has 164 valence electrons.